The Kier molecular flexibility index (Phi) is 4.43. The molecule has 0 atom stereocenters. The molecule has 0 saturated carbocycles. The molecule has 0 aliphatic rings. The molecule has 0 bridgehead atoms. The van der Waals surface area contributed by atoms with Gasteiger partial charge in [-0.1, -0.05) is 68.4 Å². The molecule has 148 valence electrons. The number of furan rings is 1. The highest BCUT2D eigenvalue weighted by Gasteiger charge is 2.21. The fraction of sp³-hybridized carbons (Fsp3) is 0.179. The summed E-state index contributed by atoms with van der Waals surface area (Å²) in [4.78, 5) is 0. The second kappa shape index (κ2) is 7.14. The third-order valence-electron chi connectivity index (χ3n) is 6.03. The molecule has 0 amide bonds. The summed E-state index contributed by atoms with van der Waals surface area (Å²) in [7, 11) is 2.12. The SMILES string of the molecule is Cc1ccc2c(oc3ccccc32)c1-c1ccc(-c2cccc(C(C)C)c2)c[n+]1C. The van der Waals surface area contributed by atoms with Crippen LogP contribution in [-0.2, 0) is 7.05 Å². The molecule has 0 unspecified atom stereocenters. The maximum Gasteiger partial charge on any atom is 0.216 e. The molecule has 0 fully saturated rings. The molecule has 2 nitrogen and oxygen atoms in total. The Bertz CT molecular complexity index is 1390. The first-order valence-electron chi connectivity index (χ1n) is 10.5. The van der Waals surface area contributed by atoms with Crippen molar-refractivity contribution in [2.75, 3.05) is 0 Å². The van der Waals surface area contributed by atoms with Gasteiger partial charge in [-0.2, -0.15) is 0 Å². The number of rotatable bonds is 3. The summed E-state index contributed by atoms with van der Waals surface area (Å²) in [6.45, 7) is 6.62. The Labute approximate surface area is 177 Å². The lowest BCUT2D eigenvalue weighted by Crippen LogP contribution is -2.31. The molecule has 30 heavy (non-hydrogen) atoms. The summed E-state index contributed by atoms with van der Waals surface area (Å²) in [6, 6.07) is 25.9. The maximum absolute atomic E-state index is 6.32. The first-order valence-corrected chi connectivity index (χ1v) is 10.5. The minimum Gasteiger partial charge on any atom is -0.455 e. The zero-order chi connectivity index (χ0) is 20.8. The van der Waals surface area contributed by atoms with Crippen LogP contribution in [0.15, 0.2) is 83.4 Å². The highest BCUT2D eigenvalue weighted by atomic mass is 16.3. The number of pyridine rings is 1. The Morgan fingerprint density at radius 2 is 1.63 bits per heavy atom. The zero-order valence-electron chi connectivity index (χ0n) is 17.9. The van der Waals surface area contributed by atoms with Gasteiger partial charge in [-0.3, -0.25) is 0 Å². The van der Waals surface area contributed by atoms with Crippen molar-refractivity contribution in [1.29, 1.82) is 0 Å². The maximum atomic E-state index is 6.32. The topological polar surface area (TPSA) is 17.0 Å². The van der Waals surface area contributed by atoms with Crippen molar-refractivity contribution >= 4 is 21.9 Å². The summed E-state index contributed by atoms with van der Waals surface area (Å²) in [5.74, 6) is 0.520. The standard InChI is InChI=1S/C28H26NO/c1-18(2)20-8-7-9-21(16-20)22-13-15-25(29(4)17-22)27-19(3)12-14-24-23-10-5-6-11-26(23)30-28(24)27/h5-18H,1-4H3/q+1. The molecule has 0 N–H and O–H groups in total. The van der Waals surface area contributed by atoms with Gasteiger partial charge in [0, 0.05) is 22.4 Å². The molecule has 2 heterocycles. The van der Waals surface area contributed by atoms with Gasteiger partial charge in [0.05, 0.1) is 5.56 Å². The molecule has 0 spiro atoms. The number of aryl methyl sites for hydroxylation is 2. The predicted molar refractivity (Wildman–Crippen MR) is 125 cm³/mol. The van der Waals surface area contributed by atoms with Crippen LogP contribution < -0.4 is 4.57 Å². The fourth-order valence-corrected chi connectivity index (χ4v) is 4.32. The Balaban J connectivity index is 1.68. The quantitative estimate of drug-likeness (QED) is 0.297. The number of aromatic nitrogens is 1. The molecule has 0 aliphatic carbocycles. The first kappa shape index (κ1) is 18.6. The molecule has 5 aromatic rings. The summed E-state index contributed by atoms with van der Waals surface area (Å²) in [5.41, 5.74) is 9.26. The molecule has 2 heteroatoms. The Hall–Kier alpha value is -3.39. The van der Waals surface area contributed by atoms with Crippen molar-refractivity contribution in [3.63, 3.8) is 0 Å². The van der Waals surface area contributed by atoms with Crippen LogP contribution in [0.1, 0.15) is 30.9 Å². The number of nitrogens with zero attached hydrogens (tertiary/aromatic N) is 1. The third kappa shape index (κ3) is 3.00. The normalized spacial score (nSPS) is 11.6. The van der Waals surface area contributed by atoms with Gasteiger partial charge in [0.1, 0.15) is 18.2 Å². The van der Waals surface area contributed by atoms with Crippen molar-refractivity contribution in [3.8, 4) is 22.4 Å². The van der Waals surface area contributed by atoms with E-state index in [1.54, 1.807) is 0 Å². The second-order valence-corrected chi connectivity index (χ2v) is 8.43. The van der Waals surface area contributed by atoms with Gasteiger partial charge in [-0.05, 0) is 41.7 Å². The van der Waals surface area contributed by atoms with Crippen molar-refractivity contribution in [2.45, 2.75) is 26.7 Å². The number of fused-ring (bicyclic) bond motifs is 3. The Morgan fingerprint density at radius 3 is 2.43 bits per heavy atom. The van der Waals surface area contributed by atoms with Gasteiger partial charge < -0.3 is 4.42 Å². The van der Waals surface area contributed by atoms with E-state index in [0.717, 1.165) is 22.4 Å². The third-order valence-corrected chi connectivity index (χ3v) is 6.03. The van der Waals surface area contributed by atoms with Crippen molar-refractivity contribution in [1.82, 2.24) is 0 Å². The van der Waals surface area contributed by atoms with Crippen LogP contribution in [0.25, 0.3) is 44.3 Å². The second-order valence-electron chi connectivity index (χ2n) is 8.43. The average Bonchev–Trinajstić information content (AvgIpc) is 3.13. The van der Waals surface area contributed by atoms with Gasteiger partial charge >= 0.3 is 0 Å². The zero-order valence-corrected chi connectivity index (χ0v) is 17.9. The van der Waals surface area contributed by atoms with Gasteiger partial charge in [0.15, 0.2) is 6.20 Å². The monoisotopic (exact) mass is 392 g/mol. The summed E-state index contributed by atoms with van der Waals surface area (Å²) < 4.78 is 8.53. The lowest BCUT2D eigenvalue weighted by molar-refractivity contribution is -0.659. The van der Waals surface area contributed by atoms with Crippen LogP contribution in [-0.4, -0.2) is 0 Å². The largest absolute Gasteiger partial charge is 0.455 e. The molecule has 5 rings (SSSR count). The van der Waals surface area contributed by atoms with E-state index in [4.69, 9.17) is 4.42 Å². The molecule has 0 aliphatic heterocycles. The van der Waals surface area contributed by atoms with E-state index in [1.807, 2.05) is 12.1 Å². The van der Waals surface area contributed by atoms with E-state index in [9.17, 15) is 0 Å². The van der Waals surface area contributed by atoms with Crippen LogP contribution in [0.3, 0.4) is 0 Å². The minimum atomic E-state index is 0.520. The van der Waals surface area contributed by atoms with E-state index in [0.29, 0.717) is 5.92 Å². The Morgan fingerprint density at radius 1 is 0.800 bits per heavy atom. The number of hydrogen-bond donors (Lipinski definition) is 0. The molecule has 0 radical (unpaired) electrons. The van der Waals surface area contributed by atoms with Crippen LogP contribution >= 0.6 is 0 Å². The van der Waals surface area contributed by atoms with Crippen molar-refractivity contribution < 1.29 is 8.98 Å². The minimum absolute atomic E-state index is 0.520. The highest BCUT2D eigenvalue weighted by Crippen LogP contribution is 2.37. The molecule has 3 aromatic carbocycles. The summed E-state index contributed by atoms with van der Waals surface area (Å²) in [5, 5.41) is 2.33. The summed E-state index contributed by atoms with van der Waals surface area (Å²) in [6.07, 6.45) is 2.22. The van der Waals surface area contributed by atoms with Gasteiger partial charge in [0.2, 0.25) is 5.69 Å². The van der Waals surface area contributed by atoms with Crippen molar-refractivity contribution in [3.05, 3.63) is 90.1 Å². The van der Waals surface area contributed by atoms with E-state index >= 15 is 0 Å². The lowest BCUT2D eigenvalue weighted by Gasteiger charge is -2.09. The molecule has 2 aromatic heterocycles. The van der Waals surface area contributed by atoms with Crippen LogP contribution in [0.2, 0.25) is 0 Å². The van der Waals surface area contributed by atoms with E-state index in [2.05, 4.69) is 99.2 Å². The van der Waals surface area contributed by atoms with Crippen LogP contribution in [0, 0.1) is 6.92 Å². The fourth-order valence-electron chi connectivity index (χ4n) is 4.32. The molecular weight excluding hydrogens is 366 g/mol. The lowest BCUT2D eigenvalue weighted by atomic mass is 9.97. The van der Waals surface area contributed by atoms with E-state index in [1.165, 1.54) is 33.0 Å². The number of para-hydroxylation sites is 1. The van der Waals surface area contributed by atoms with Crippen LogP contribution in [0.5, 0.6) is 0 Å². The summed E-state index contributed by atoms with van der Waals surface area (Å²) >= 11 is 0. The van der Waals surface area contributed by atoms with Crippen LogP contribution in [0.4, 0.5) is 0 Å². The van der Waals surface area contributed by atoms with Gasteiger partial charge in [-0.15, -0.1) is 0 Å². The van der Waals surface area contributed by atoms with E-state index < -0.39 is 0 Å². The number of benzene rings is 3. The first-order chi connectivity index (χ1) is 14.5. The van der Waals surface area contributed by atoms with E-state index in [-0.39, 0.29) is 0 Å². The highest BCUT2D eigenvalue weighted by molar-refractivity contribution is 6.09. The van der Waals surface area contributed by atoms with Gasteiger partial charge in [-0.25, -0.2) is 4.57 Å². The van der Waals surface area contributed by atoms with Gasteiger partial charge in [0.25, 0.3) is 0 Å². The molecular formula is C28H26NO+. The average molecular weight is 393 g/mol. The van der Waals surface area contributed by atoms with Crippen molar-refractivity contribution in [2.24, 2.45) is 7.05 Å². The molecule has 0 saturated heterocycles. The number of hydrogen-bond acceptors (Lipinski definition) is 1. The smallest absolute Gasteiger partial charge is 0.216 e. The predicted octanol–water partition coefficient (Wildman–Crippen LogP) is 7.18.